The summed E-state index contributed by atoms with van der Waals surface area (Å²) in [5.41, 5.74) is 1.15. The Kier molecular flexibility index (Phi) is 5.36. The lowest BCUT2D eigenvalue weighted by Crippen LogP contribution is -2.32. The molecule has 1 aromatic carbocycles. The predicted octanol–water partition coefficient (Wildman–Crippen LogP) is 1.56. The monoisotopic (exact) mass is 222 g/mol. The Bertz CT molecular complexity index is 340. The minimum Gasteiger partial charge on any atom is -0.410 e. The third-order valence-electron chi connectivity index (χ3n) is 2.16. The van der Waals surface area contributed by atoms with E-state index in [1.54, 1.807) is 6.07 Å². The second-order valence-corrected chi connectivity index (χ2v) is 3.42. The van der Waals surface area contributed by atoms with Crippen molar-refractivity contribution in [2.24, 2.45) is 0 Å². The number of carbonyl (C=O) groups is 1. The lowest BCUT2D eigenvalue weighted by molar-refractivity contribution is 0.200. The van der Waals surface area contributed by atoms with Gasteiger partial charge in [-0.2, -0.15) is 0 Å². The summed E-state index contributed by atoms with van der Waals surface area (Å²) < 4.78 is 5.13. The van der Waals surface area contributed by atoms with E-state index in [1.165, 1.54) is 0 Å². The number of amides is 1. The molecule has 0 saturated heterocycles. The summed E-state index contributed by atoms with van der Waals surface area (Å²) in [7, 11) is 1.83. The molecule has 88 valence electrons. The van der Waals surface area contributed by atoms with Crippen LogP contribution < -0.4 is 15.4 Å². The van der Waals surface area contributed by atoms with E-state index in [0.717, 1.165) is 18.5 Å². The van der Waals surface area contributed by atoms with Gasteiger partial charge in [0.2, 0.25) is 0 Å². The standard InChI is InChI=1S/C12H18N2O2/c1-3-10-5-4-6-11(9-10)16-12(15)14-8-7-13-2/h4-6,9,13H,3,7-8H2,1-2H3,(H,14,15). The third-order valence-corrected chi connectivity index (χ3v) is 2.16. The van der Waals surface area contributed by atoms with Gasteiger partial charge in [0.15, 0.2) is 0 Å². The molecule has 0 radical (unpaired) electrons. The highest BCUT2D eigenvalue weighted by Gasteiger charge is 2.03. The van der Waals surface area contributed by atoms with Crippen molar-refractivity contribution in [1.29, 1.82) is 0 Å². The fourth-order valence-electron chi connectivity index (χ4n) is 1.26. The molecule has 0 aliphatic rings. The number of benzene rings is 1. The van der Waals surface area contributed by atoms with E-state index in [9.17, 15) is 4.79 Å². The van der Waals surface area contributed by atoms with Gasteiger partial charge in [0.25, 0.3) is 0 Å². The second kappa shape index (κ2) is 6.85. The number of hydrogen-bond donors (Lipinski definition) is 2. The molecule has 0 aliphatic carbocycles. The molecular weight excluding hydrogens is 204 g/mol. The van der Waals surface area contributed by atoms with Gasteiger partial charge in [0.05, 0.1) is 0 Å². The Balaban J connectivity index is 2.43. The Hall–Kier alpha value is -1.55. The fourth-order valence-corrected chi connectivity index (χ4v) is 1.26. The quantitative estimate of drug-likeness (QED) is 0.743. The van der Waals surface area contributed by atoms with Crippen molar-refractivity contribution in [2.75, 3.05) is 20.1 Å². The summed E-state index contributed by atoms with van der Waals surface area (Å²) in [4.78, 5) is 11.3. The van der Waals surface area contributed by atoms with Crippen molar-refractivity contribution in [3.05, 3.63) is 29.8 Å². The first kappa shape index (κ1) is 12.5. The van der Waals surface area contributed by atoms with Crippen LogP contribution in [0.2, 0.25) is 0 Å². The van der Waals surface area contributed by atoms with E-state index in [-0.39, 0.29) is 0 Å². The number of rotatable bonds is 5. The number of likely N-dealkylation sites (N-methyl/N-ethyl adjacent to an activating group) is 1. The van der Waals surface area contributed by atoms with Crippen molar-refractivity contribution in [2.45, 2.75) is 13.3 Å². The van der Waals surface area contributed by atoms with E-state index < -0.39 is 6.09 Å². The van der Waals surface area contributed by atoms with Gasteiger partial charge in [0.1, 0.15) is 5.75 Å². The summed E-state index contributed by atoms with van der Waals surface area (Å²) in [5.74, 6) is 0.585. The maximum absolute atomic E-state index is 11.3. The second-order valence-electron chi connectivity index (χ2n) is 3.42. The summed E-state index contributed by atoms with van der Waals surface area (Å²) in [6.07, 6.45) is 0.516. The van der Waals surface area contributed by atoms with Gasteiger partial charge in [-0.05, 0) is 31.2 Å². The Morgan fingerprint density at radius 2 is 2.19 bits per heavy atom. The highest BCUT2D eigenvalue weighted by Crippen LogP contribution is 2.13. The predicted molar refractivity (Wildman–Crippen MR) is 63.8 cm³/mol. The molecule has 0 bridgehead atoms. The first-order valence-corrected chi connectivity index (χ1v) is 5.45. The van der Waals surface area contributed by atoms with Crippen molar-refractivity contribution >= 4 is 6.09 Å². The molecule has 0 aliphatic heterocycles. The Morgan fingerprint density at radius 1 is 1.38 bits per heavy atom. The topological polar surface area (TPSA) is 50.4 Å². The van der Waals surface area contributed by atoms with E-state index in [0.29, 0.717) is 12.3 Å². The third kappa shape index (κ3) is 4.31. The van der Waals surface area contributed by atoms with Gasteiger partial charge in [-0.3, -0.25) is 0 Å². The van der Waals surface area contributed by atoms with Crippen LogP contribution in [0.25, 0.3) is 0 Å². The van der Waals surface area contributed by atoms with Crippen LogP contribution in [0.15, 0.2) is 24.3 Å². The highest BCUT2D eigenvalue weighted by atomic mass is 16.6. The smallest absolute Gasteiger partial charge is 0.410 e. The number of nitrogens with one attached hydrogen (secondary N) is 2. The van der Waals surface area contributed by atoms with Crippen molar-refractivity contribution in [3.8, 4) is 5.75 Å². The maximum Gasteiger partial charge on any atom is 0.412 e. The first-order chi connectivity index (χ1) is 7.76. The minimum absolute atomic E-state index is 0.413. The van der Waals surface area contributed by atoms with Gasteiger partial charge >= 0.3 is 6.09 Å². The summed E-state index contributed by atoms with van der Waals surface area (Å²) >= 11 is 0. The summed E-state index contributed by atoms with van der Waals surface area (Å²) in [5, 5.41) is 5.58. The van der Waals surface area contributed by atoms with E-state index in [2.05, 4.69) is 17.6 Å². The van der Waals surface area contributed by atoms with Crippen LogP contribution in [0.4, 0.5) is 4.79 Å². The van der Waals surface area contributed by atoms with Crippen LogP contribution in [0, 0.1) is 0 Å². The molecule has 1 amide bonds. The number of ether oxygens (including phenoxy) is 1. The van der Waals surface area contributed by atoms with Crippen molar-refractivity contribution < 1.29 is 9.53 Å². The van der Waals surface area contributed by atoms with Crippen molar-refractivity contribution in [3.63, 3.8) is 0 Å². The summed E-state index contributed by atoms with van der Waals surface area (Å²) in [6, 6.07) is 7.54. The largest absolute Gasteiger partial charge is 0.412 e. The molecule has 0 heterocycles. The van der Waals surface area contributed by atoms with Crippen LogP contribution >= 0.6 is 0 Å². The molecule has 4 heteroatoms. The van der Waals surface area contributed by atoms with Crippen molar-refractivity contribution in [1.82, 2.24) is 10.6 Å². The molecule has 0 aromatic heterocycles. The molecule has 0 fully saturated rings. The van der Waals surface area contributed by atoms with E-state index in [4.69, 9.17) is 4.74 Å². The zero-order chi connectivity index (χ0) is 11.8. The molecule has 1 rings (SSSR count). The van der Waals surface area contributed by atoms with Crippen LogP contribution in [-0.4, -0.2) is 26.2 Å². The van der Waals surface area contributed by atoms with E-state index in [1.807, 2.05) is 25.2 Å². The highest BCUT2D eigenvalue weighted by molar-refractivity contribution is 5.70. The number of hydrogen-bond acceptors (Lipinski definition) is 3. The van der Waals surface area contributed by atoms with Crippen LogP contribution in [-0.2, 0) is 6.42 Å². The normalized spacial score (nSPS) is 9.88. The average Bonchev–Trinajstić information content (AvgIpc) is 2.29. The lowest BCUT2D eigenvalue weighted by atomic mass is 10.2. The van der Waals surface area contributed by atoms with Gasteiger partial charge in [-0.15, -0.1) is 0 Å². The fraction of sp³-hybridized carbons (Fsp3) is 0.417. The minimum atomic E-state index is -0.413. The molecule has 0 atom stereocenters. The first-order valence-electron chi connectivity index (χ1n) is 5.45. The number of carbonyl (C=O) groups excluding carboxylic acids is 1. The lowest BCUT2D eigenvalue weighted by Gasteiger charge is -2.07. The average molecular weight is 222 g/mol. The zero-order valence-corrected chi connectivity index (χ0v) is 9.75. The molecule has 0 spiro atoms. The summed E-state index contributed by atoms with van der Waals surface area (Å²) in [6.45, 7) is 3.35. The zero-order valence-electron chi connectivity index (χ0n) is 9.75. The van der Waals surface area contributed by atoms with Gasteiger partial charge in [-0.25, -0.2) is 4.79 Å². The van der Waals surface area contributed by atoms with Crippen LogP contribution in [0.5, 0.6) is 5.75 Å². The molecule has 2 N–H and O–H groups in total. The van der Waals surface area contributed by atoms with Gasteiger partial charge in [-0.1, -0.05) is 19.1 Å². The molecular formula is C12H18N2O2. The van der Waals surface area contributed by atoms with Gasteiger partial charge in [0, 0.05) is 13.1 Å². The molecule has 0 saturated carbocycles. The molecule has 16 heavy (non-hydrogen) atoms. The van der Waals surface area contributed by atoms with Crippen LogP contribution in [0.1, 0.15) is 12.5 Å². The SMILES string of the molecule is CCc1cccc(OC(=O)NCCNC)c1. The molecule has 4 nitrogen and oxygen atoms in total. The number of aryl methyl sites for hydroxylation is 1. The van der Waals surface area contributed by atoms with E-state index >= 15 is 0 Å². The van der Waals surface area contributed by atoms with Gasteiger partial charge < -0.3 is 15.4 Å². The van der Waals surface area contributed by atoms with Crippen LogP contribution in [0.3, 0.4) is 0 Å². The Morgan fingerprint density at radius 3 is 2.88 bits per heavy atom. The Labute approximate surface area is 96.0 Å². The molecule has 0 unspecified atom stereocenters. The maximum atomic E-state index is 11.3. The molecule has 1 aromatic rings.